The van der Waals surface area contributed by atoms with Gasteiger partial charge in [-0.15, -0.1) is 11.8 Å². The minimum atomic E-state index is -0.523. The first-order valence-corrected chi connectivity index (χ1v) is 10.9. The van der Waals surface area contributed by atoms with Crippen LogP contribution in [-0.2, 0) is 9.59 Å². The van der Waals surface area contributed by atoms with Gasteiger partial charge in [0.1, 0.15) is 11.6 Å². The molecule has 2 aromatic carbocycles. The largest absolute Gasteiger partial charge is 0.484 e. The van der Waals surface area contributed by atoms with Gasteiger partial charge in [-0.05, 0) is 50.6 Å². The van der Waals surface area contributed by atoms with Crippen molar-refractivity contribution in [3.8, 4) is 11.4 Å². The third kappa shape index (κ3) is 4.29. The maximum atomic E-state index is 12.8. The van der Waals surface area contributed by atoms with Crippen LogP contribution in [0.5, 0.6) is 5.75 Å². The van der Waals surface area contributed by atoms with Gasteiger partial charge in [0.2, 0.25) is 5.91 Å². The summed E-state index contributed by atoms with van der Waals surface area (Å²) in [6.07, 6.45) is 0. The molecule has 2 atom stereocenters. The number of hydrogen-bond acceptors (Lipinski definition) is 5. The van der Waals surface area contributed by atoms with Crippen LogP contribution in [-0.4, -0.2) is 33.5 Å². The standard InChI is InChI=1S/C23H24N4O3S/c1-13-4-8-17(9-5-13)27-22-20(14(2)26-27)21(31-15(3)23(29)25-22)16-6-10-18(11-7-16)30-12-19(24)28/h4-11,15,21H,12H2,1-3H3,(H2,24,28)(H,25,29)/t15-,21+/m1/s1. The molecule has 31 heavy (non-hydrogen) atoms. The summed E-state index contributed by atoms with van der Waals surface area (Å²) in [5.41, 5.74) is 10.1. The fraction of sp³-hybridized carbons (Fsp3) is 0.261. The summed E-state index contributed by atoms with van der Waals surface area (Å²) in [6, 6.07) is 15.6. The van der Waals surface area contributed by atoms with Crippen LogP contribution in [0.3, 0.4) is 0 Å². The van der Waals surface area contributed by atoms with E-state index < -0.39 is 5.91 Å². The second kappa shape index (κ2) is 8.47. The van der Waals surface area contributed by atoms with Gasteiger partial charge in [-0.3, -0.25) is 9.59 Å². The Morgan fingerprint density at radius 1 is 1.16 bits per heavy atom. The average molecular weight is 437 g/mol. The highest BCUT2D eigenvalue weighted by molar-refractivity contribution is 8.01. The molecule has 0 aliphatic carbocycles. The number of fused-ring (bicyclic) bond motifs is 1. The molecular formula is C23H24N4O3S. The summed E-state index contributed by atoms with van der Waals surface area (Å²) in [5.74, 6) is 0.687. The van der Waals surface area contributed by atoms with E-state index in [4.69, 9.17) is 15.6 Å². The molecule has 8 heteroatoms. The van der Waals surface area contributed by atoms with Crippen molar-refractivity contribution in [2.24, 2.45) is 5.73 Å². The lowest BCUT2D eigenvalue weighted by molar-refractivity contribution is -0.120. The number of carbonyl (C=O) groups is 2. The summed E-state index contributed by atoms with van der Waals surface area (Å²) in [7, 11) is 0. The van der Waals surface area contributed by atoms with Gasteiger partial charge in [-0.1, -0.05) is 29.8 Å². The zero-order valence-corrected chi connectivity index (χ0v) is 18.4. The SMILES string of the molecule is Cc1ccc(-n2nc(C)c3c2NC(=O)[C@@H](C)S[C@H]3c2ccc(OCC(N)=O)cc2)cc1. The van der Waals surface area contributed by atoms with Gasteiger partial charge in [0.15, 0.2) is 6.61 Å². The summed E-state index contributed by atoms with van der Waals surface area (Å²) in [4.78, 5) is 23.7. The second-order valence-corrected chi connectivity index (χ2v) is 9.02. The highest BCUT2D eigenvalue weighted by atomic mass is 32.2. The number of nitrogens with zero attached hydrogens (tertiary/aromatic N) is 2. The van der Waals surface area contributed by atoms with Crippen molar-refractivity contribution in [1.29, 1.82) is 0 Å². The lowest BCUT2D eigenvalue weighted by Gasteiger charge is -2.18. The highest BCUT2D eigenvalue weighted by Gasteiger charge is 2.34. The smallest absolute Gasteiger partial charge is 0.255 e. The van der Waals surface area contributed by atoms with Crippen LogP contribution in [0.2, 0.25) is 0 Å². The number of primary amides is 1. The second-order valence-electron chi connectivity index (χ2n) is 7.57. The molecule has 160 valence electrons. The van der Waals surface area contributed by atoms with Crippen molar-refractivity contribution >= 4 is 29.4 Å². The first-order valence-electron chi connectivity index (χ1n) is 9.97. The zero-order valence-electron chi connectivity index (χ0n) is 17.6. The number of aromatic nitrogens is 2. The molecule has 3 N–H and O–H groups in total. The van der Waals surface area contributed by atoms with E-state index in [2.05, 4.69) is 5.32 Å². The van der Waals surface area contributed by atoms with Crippen LogP contribution >= 0.6 is 11.8 Å². The predicted molar refractivity (Wildman–Crippen MR) is 122 cm³/mol. The van der Waals surface area contributed by atoms with Gasteiger partial charge in [0.25, 0.3) is 5.91 Å². The van der Waals surface area contributed by atoms with E-state index in [1.807, 2.05) is 69.3 Å². The molecule has 2 amide bonds. The topological polar surface area (TPSA) is 99.2 Å². The third-order valence-corrected chi connectivity index (χ3v) is 6.56. The average Bonchev–Trinajstić information content (AvgIpc) is 2.99. The summed E-state index contributed by atoms with van der Waals surface area (Å²) in [5, 5.41) is 7.50. The van der Waals surface area contributed by atoms with E-state index in [1.54, 1.807) is 16.4 Å². The maximum Gasteiger partial charge on any atom is 0.255 e. The molecule has 1 aromatic heterocycles. The van der Waals surface area contributed by atoms with Gasteiger partial charge in [0, 0.05) is 5.56 Å². The zero-order chi connectivity index (χ0) is 22.1. The molecule has 0 saturated heterocycles. The molecule has 0 fully saturated rings. The summed E-state index contributed by atoms with van der Waals surface area (Å²) < 4.78 is 7.18. The molecule has 0 radical (unpaired) electrons. The Kier molecular flexibility index (Phi) is 5.73. The van der Waals surface area contributed by atoms with Crippen LogP contribution in [0.15, 0.2) is 48.5 Å². The predicted octanol–water partition coefficient (Wildman–Crippen LogP) is 3.52. The van der Waals surface area contributed by atoms with Crippen molar-refractivity contribution in [1.82, 2.24) is 9.78 Å². The molecule has 0 bridgehead atoms. The molecule has 0 unspecified atom stereocenters. The fourth-order valence-electron chi connectivity index (χ4n) is 3.54. The Morgan fingerprint density at radius 3 is 2.48 bits per heavy atom. The number of nitrogens with two attached hydrogens (primary N) is 1. The maximum absolute atomic E-state index is 12.8. The first kappa shape index (κ1) is 21.0. The molecule has 0 saturated carbocycles. The van der Waals surface area contributed by atoms with Crippen molar-refractivity contribution in [2.75, 3.05) is 11.9 Å². The highest BCUT2D eigenvalue weighted by Crippen LogP contribution is 2.46. The number of thioether (sulfide) groups is 1. The van der Waals surface area contributed by atoms with E-state index in [9.17, 15) is 9.59 Å². The van der Waals surface area contributed by atoms with Crippen LogP contribution in [0.4, 0.5) is 5.82 Å². The van der Waals surface area contributed by atoms with Crippen LogP contribution < -0.4 is 15.8 Å². The van der Waals surface area contributed by atoms with Crippen LogP contribution in [0.25, 0.3) is 5.69 Å². The molecule has 4 rings (SSSR count). The number of amides is 2. The van der Waals surface area contributed by atoms with Gasteiger partial charge >= 0.3 is 0 Å². The molecule has 1 aliphatic rings. The minimum absolute atomic E-state index is 0.0524. The van der Waals surface area contributed by atoms with E-state index in [0.717, 1.165) is 28.1 Å². The van der Waals surface area contributed by atoms with Crippen molar-refractivity contribution in [3.05, 3.63) is 70.9 Å². The molecule has 1 aliphatic heterocycles. The summed E-state index contributed by atoms with van der Waals surface area (Å²) in [6.45, 7) is 5.73. The Balaban J connectivity index is 1.76. The Labute approximate surface area is 185 Å². The number of benzene rings is 2. The van der Waals surface area contributed by atoms with E-state index in [0.29, 0.717) is 11.6 Å². The van der Waals surface area contributed by atoms with Gasteiger partial charge < -0.3 is 15.8 Å². The van der Waals surface area contributed by atoms with Crippen molar-refractivity contribution in [3.63, 3.8) is 0 Å². The third-order valence-electron chi connectivity index (χ3n) is 5.16. The van der Waals surface area contributed by atoms with E-state index in [1.165, 1.54) is 0 Å². The number of anilines is 1. The quantitative estimate of drug-likeness (QED) is 0.638. The van der Waals surface area contributed by atoms with Crippen molar-refractivity contribution in [2.45, 2.75) is 31.3 Å². The van der Waals surface area contributed by atoms with Gasteiger partial charge in [0.05, 0.1) is 21.9 Å². The van der Waals surface area contributed by atoms with Crippen molar-refractivity contribution < 1.29 is 14.3 Å². The monoisotopic (exact) mass is 436 g/mol. The minimum Gasteiger partial charge on any atom is -0.484 e. The molecule has 3 aromatic rings. The Morgan fingerprint density at radius 2 is 1.84 bits per heavy atom. The van der Waals surface area contributed by atoms with Crippen LogP contribution in [0.1, 0.15) is 34.6 Å². The number of carbonyl (C=O) groups excluding carboxylic acids is 2. The number of rotatable bonds is 5. The van der Waals surface area contributed by atoms with Gasteiger partial charge in [-0.2, -0.15) is 5.10 Å². The number of nitrogens with one attached hydrogen (secondary N) is 1. The Hall–Kier alpha value is -3.26. The molecule has 0 spiro atoms. The molecular weight excluding hydrogens is 412 g/mol. The van der Waals surface area contributed by atoms with Gasteiger partial charge in [-0.25, -0.2) is 4.68 Å². The lowest BCUT2D eigenvalue weighted by atomic mass is 10.0. The lowest BCUT2D eigenvalue weighted by Crippen LogP contribution is -2.22. The molecule has 2 heterocycles. The number of hydrogen-bond donors (Lipinski definition) is 2. The van der Waals surface area contributed by atoms with E-state index in [-0.39, 0.29) is 23.0 Å². The number of ether oxygens (including phenoxy) is 1. The van der Waals surface area contributed by atoms with Crippen LogP contribution in [0, 0.1) is 13.8 Å². The normalized spacial score (nSPS) is 18.1. The van der Waals surface area contributed by atoms with E-state index >= 15 is 0 Å². The Bertz CT molecular complexity index is 1120. The first-order chi connectivity index (χ1) is 14.8. The number of aryl methyl sites for hydroxylation is 2. The summed E-state index contributed by atoms with van der Waals surface area (Å²) >= 11 is 1.58. The fourth-order valence-corrected chi connectivity index (χ4v) is 4.86. The molecule has 7 nitrogen and oxygen atoms in total.